The second-order valence-electron chi connectivity index (χ2n) is 5.45. The fourth-order valence-electron chi connectivity index (χ4n) is 2.31. The molecular formula is C16H22ClN2O4P. The van der Waals surface area contributed by atoms with Gasteiger partial charge in [0, 0.05) is 19.3 Å². The van der Waals surface area contributed by atoms with E-state index in [-0.39, 0.29) is 18.6 Å². The van der Waals surface area contributed by atoms with Gasteiger partial charge in [0.2, 0.25) is 0 Å². The molecule has 0 saturated heterocycles. The first kappa shape index (κ1) is 20.8. The maximum absolute atomic E-state index is 11.0. The average Bonchev–Trinajstić information content (AvgIpc) is 2.47. The molecule has 132 valence electrons. The molecule has 0 unspecified atom stereocenters. The number of hydrogen-bond donors (Lipinski definition) is 4. The number of nitrogens with zero attached hydrogens (tertiary/aromatic N) is 1. The van der Waals surface area contributed by atoms with E-state index in [1.54, 1.807) is 24.4 Å². The van der Waals surface area contributed by atoms with Crippen molar-refractivity contribution in [3.05, 3.63) is 65.5 Å². The van der Waals surface area contributed by atoms with Crippen molar-refractivity contribution in [1.82, 2.24) is 10.3 Å². The van der Waals surface area contributed by atoms with Crippen LogP contribution < -0.4 is 5.32 Å². The summed E-state index contributed by atoms with van der Waals surface area (Å²) in [6.45, 7) is 0.995. The summed E-state index contributed by atoms with van der Waals surface area (Å²) in [7, 11) is -4.08. The Morgan fingerprint density at radius 1 is 1.12 bits per heavy atom. The van der Waals surface area contributed by atoms with Gasteiger partial charge in [0.15, 0.2) is 0 Å². The number of aliphatic hydroxyl groups excluding tert-OH is 1. The summed E-state index contributed by atoms with van der Waals surface area (Å²) in [5.41, 5.74) is 2.33. The van der Waals surface area contributed by atoms with E-state index < -0.39 is 13.7 Å². The number of pyridine rings is 1. The summed E-state index contributed by atoms with van der Waals surface area (Å²) in [4.78, 5) is 22.2. The van der Waals surface area contributed by atoms with Crippen LogP contribution in [-0.2, 0) is 23.7 Å². The van der Waals surface area contributed by atoms with Crippen LogP contribution in [0.25, 0.3) is 0 Å². The number of aromatic nitrogens is 1. The van der Waals surface area contributed by atoms with Gasteiger partial charge < -0.3 is 20.2 Å². The van der Waals surface area contributed by atoms with Gasteiger partial charge >= 0.3 is 7.60 Å². The van der Waals surface area contributed by atoms with Gasteiger partial charge in [0.05, 0.1) is 18.0 Å². The maximum atomic E-state index is 11.0. The maximum Gasteiger partial charge on any atom is 0.329 e. The Bertz CT molecular complexity index is 666. The molecule has 0 bridgehead atoms. The monoisotopic (exact) mass is 372 g/mol. The third-order valence-corrected chi connectivity index (χ3v) is 4.04. The third-order valence-electron chi connectivity index (χ3n) is 3.26. The van der Waals surface area contributed by atoms with E-state index in [0.717, 1.165) is 11.3 Å². The number of nitrogens with one attached hydrogen (secondary N) is 1. The van der Waals surface area contributed by atoms with Gasteiger partial charge in [-0.05, 0) is 29.7 Å². The standard InChI is InChI=1S/C16H21N2O4P.ClH/c19-16(11-17-10-15-6-1-2-7-18-15)9-13-4-3-5-14(8-13)12-23(20,21)22;/h1-8,16-17,19H,9-12H2,(H2,20,21,22);1H/t16-;/m0./s1. The van der Waals surface area contributed by atoms with Crippen LogP contribution in [0.1, 0.15) is 16.8 Å². The van der Waals surface area contributed by atoms with E-state index in [2.05, 4.69) is 10.3 Å². The lowest BCUT2D eigenvalue weighted by Gasteiger charge is -2.13. The fourth-order valence-corrected chi connectivity index (χ4v) is 2.98. The highest BCUT2D eigenvalue weighted by Crippen LogP contribution is 2.39. The average molecular weight is 373 g/mol. The second-order valence-corrected chi connectivity index (χ2v) is 7.10. The molecule has 2 rings (SSSR count). The van der Waals surface area contributed by atoms with Gasteiger partial charge in [-0.1, -0.05) is 30.3 Å². The zero-order valence-corrected chi connectivity index (χ0v) is 14.8. The van der Waals surface area contributed by atoms with Crippen LogP contribution >= 0.6 is 20.0 Å². The van der Waals surface area contributed by atoms with E-state index in [1.807, 2.05) is 24.3 Å². The van der Waals surface area contributed by atoms with E-state index in [4.69, 9.17) is 9.79 Å². The molecule has 0 aliphatic heterocycles. The van der Waals surface area contributed by atoms with Crippen molar-refractivity contribution in [3.63, 3.8) is 0 Å². The van der Waals surface area contributed by atoms with Crippen LogP contribution in [0.5, 0.6) is 0 Å². The number of benzene rings is 1. The van der Waals surface area contributed by atoms with Crippen molar-refractivity contribution >= 4 is 20.0 Å². The normalized spacial score (nSPS) is 12.5. The highest BCUT2D eigenvalue weighted by molar-refractivity contribution is 7.50. The highest BCUT2D eigenvalue weighted by Gasteiger charge is 2.14. The fraction of sp³-hybridized carbons (Fsp3) is 0.312. The molecule has 0 aliphatic rings. The number of rotatable bonds is 8. The molecule has 2 aromatic rings. The molecule has 0 spiro atoms. The van der Waals surface area contributed by atoms with Crippen molar-refractivity contribution in [2.45, 2.75) is 25.2 Å². The molecule has 1 aromatic heterocycles. The SMILES string of the molecule is Cl.O=P(O)(O)Cc1cccc(C[C@H](O)CNCc2ccccn2)c1. The first-order valence-electron chi connectivity index (χ1n) is 7.33. The first-order valence-corrected chi connectivity index (χ1v) is 9.13. The van der Waals surface area contributed by atoms with Crippen molar-refractivity contribution < 1.29 is 19.5 Å². The second kappa shape index (κ2) is 9.89. The van der Waals surface area contributed by atoms with Gasteiger partial charge in [-0.3, -0.25) is 9.55 Å². The Morgan fingerprint density at radius 3 is 2.54 bits per heavy atom. The van der Waals surface area contributed by atoms with Gasteiger partial charge in [-0.25, -0.2) is 0 Å². The molecule has 0 amide bonds. The molecule has 4 N–H and O–H groups in total. The summed E-state index contributed by atoms with van der Waals surface area (Å²) >= 11 is 0. The predicted octanol–water partition coefficient (Wildman–Crippen LogP) is 1.87. The van der Waals surface area contributed by atoms with Gasteiger partial charge in [0.25, 0.3) is 0 Å². The Morgan fingerprint density at radius 2 is 1.88 bits per heavy atom. The lowest BCUT2D eigenvalue weighted by Crippen LogP contribution is -2.28. The number of aliphatic hydroxyl groups is 1. The molecule has 1 atom stereocenters. The van der Waals surface area contributed by atoms with Gasteiger partial charge in [0.1, 0.15) is 0 Å². The predicted molar refractivity (Wildman–Crippen MR) is 95.1 cm³/mol. The van der Waals surface area contributed by atoms with Crippen LogP contribution in [-0.4, -0.2) is 32.5 Å². The Balaban J connectivity index is 0.00000288. The van der Waals surface area contributed by atoms with Gasteiger partial charge in [-0.15, -0.1) is 12.4 Å². The minimum Gasteiger partial charge on any atom is -0.391 e. The van der Waals surface area contributed by atoms with E-state index in [1.165, 1.54) is 0 Å². The van der Waals surface area contributed by atoms with Crippen LogP contribution in [0.15, 0.2) is 48.7 Å². The van der Waals surface area contributed by atoms with E-state index in [9.17, 15) is 9.67 Å². The first-order chi connectivity index (χ1) is 10.9. The smallest absolute Gasteiger partial charge is 0.329 e. The lowest BCUT2D eigenvalue weighted by atomic mass is 10.1. The Labute approximate surface area is 147 Å². The third kappa shape index (κ3) is 8.02. The zero-order chi connectivity index (χ0) is 16.7. The lowest BCUT2D eigenvalue weighted by molar-refractivity contribution is 0.171. The molecule has 0 aliphatic carbocycles. The van der Waals surface area contributed by atoms with Crippen molar-refractivity contribution in [3.8, 4) is 0 Å². The van der Waals surface area contributed by atoms with Crippen molar-refractivity contribution in [1.29, 1.82) is 0 Å². The topological polar surface area (TPSA) is 103 Å². The summed E-state index contributed by atoms with van der Waals surface area (Å²) in [6.07, 6.45) is 1.28. The van der Waals surface area contributed by atoms with E-state index >= 15 is 0 Å². The van der Waals surface area contributed by atoms with Crippen LogP contribution in [0.2, 0.25) is 0 Å². The molecule has 1 aromatic carbocycles. The van der Waals surface area contributed by atoms with E-state index in [0.29, 0.717) is 25.1 Å². The molecular weight excluding hydrogens is 351 g/mol. The molecule has 24 heavy (non-hydrogen) atoms. The zero-order valence-electron chi connectivity index (χ0n) is 13.1. The molecule has 0 fully saturated rings. The number of halogens is 1. The largest absolute Gasteiger partial charge is 0.391 e. The van der Waals surface area contributed by atoms with Crippen molar-refractivity contribution in [2.75, 3.05) is 6.54 Å². The molecule has 1 heterocycles. The summed E-state index contributed by atoms with van der Waals surface area (Å²) in [5.74, 6) is 0. The van der Waals surface area contributed by atoms with Crippen LogP contribution in [0, 0.1) is 0 Å². The molecule has 8 heteroatoms. The van der Waals surface area contributed by atoms with Gasteiger partial charge in [-0.2, -0.15) is 0 Å². The Kier molecular flexibility index (Phi) is 8.56. The summed E-state index contributed by atoms with van der Waals surface area (Å²) in [5, 5.41) is 13.2. The minimum absolute atomic E-state index is 0. The quantitative estimate of drug-likeness (QED) is 0.528. The van der Waals surface area contributed by atoms with Crippen LogP contribution in [0.3, 0.4) is 0 Å². The molecule has 0 radical (unpaired) electrons. The molecule has 6 nitrogen and oxygen atoms in total. The Hall–Kier alpha value is -1.27. The highest BCUT2D eigenvalue weighted by atomic mass is 35.5. The minimum atomic E-state index is -4.08. The van der Waals surface area contributed by atoms with Crippen LogP contribution in [0.4, 0.5) is 0 Å². The van der Waals surface area contributed by atoms with Crippen molar-refractivity contribution in [2.24, 2.45) is 0 Å². The summed E-state index contributed by atoms with van der Waals surface area (Å²) < 4.78 is 11.0. The molecule has 0 saturated carbocycles. The number of hydrogen-bond acceptors (Lipinski definition) is 4. The summed E-state index contributed by atoms with van der Waals surface area (Å²) in [6, 6.07) is 12.6.